The van der Waals surface area contributed by atoms with Crippen LogP contribution in [-0.2, 0) is 4.79 Å². The van der Waals surface area contributed by atoms with Gasteiger partial charge in [0.05, 0.1) is 12.6 Å². The number of ether oxygens (including phenoxy) is 1. The zero-order chi connectivity index (χ0) is 17.4. The van der Waals surface area contributed by atoms with Crippen molar-refractivity contribution in [2.24, 2.45) is 0 Å². The van der Waals surface area contributed by atoms with Gasteiger partial charge in [-0.1, -0.05) is 13.0 Å². The molecule has 0 aliphatic heterocycles. The molecule has 1 aromatic heterocycles. The summed E-state index contributed by atoms with van der Waals surface area (Å²) in [5.41, 5.74) is 0.609. The Morgan fingerprint density at radius 1 is 1.17 bits per heavy atom. The first-order valence-electron chi connectivity index (χ1n) is 8.19. The largest absolute Gasteiger partial charge is 0.494 e. The Hall–Kier alpha value is -2.14. The minimum absolute atomic E-state index is 0.0254. The van der Waals surface area contributed by atoms with E-state index < -0.39 is 0 Å². The molecule has 5 heteroatoms. The number of carbonyl (C=O) groups is 2. The highest BCUT2D eigenvalue weighted by Crippen LogP contribution is 2.18. The molecule has 1 atom stereocenters. The molecule has 0 aliphatic rings. The summed E-state index contributed by atoms with van der Waals surface area (Å²) in [5, 5.41) is 4.90. The summed E-state index contributed by atoms with van der Waals surface area (Å²) in [6.07, 6.45) is 1.35. The van der Waals surface area contributed by atoms with Gasteiger partial charge in [-0.15, -0.1) is 11.3 Å². The van der Waals surface area contributed by atoms with Crippen molar-refractivity contribution in [2.45, 2.75) is 39.2 Å². The van der Waals surface area contributed by atoms with Crippen LogP contribution in [-0.4, -0.2) is 18.3 Å². The van der Waals surface area contributed by atoms with Crippen LogP contribution in [0.25, 0.3) is 0 Å². The van der Waals surface area contributed by atoms with Crippen LogP contribution in [0, 0.1) is 0 Å². The van der Waals surface area contributed by atoms with Crippen LogP contribution in [0.3, 0.4) is 0 Å². The number of carbonyl (C=O) groups excluding carboxylic acids is 2. The first kappa shape index (κ1) is 18.2. The van der Waals surface area contributed by atoms with E-state index in [9.17, 15) is 9.59 Å². The third-order valence-electron chi connectivity index (χ3n) is 3.58. The van der Waals surface area contributed by atoms with E-state index in [0.29, 0.717) is 12.2 Å². The van der Waals surface area contributed by atoms with E-state index in [4.69, 9.17) is 4.74 Å². The molecule has 0 saturated carbocycles. The number of thiophene rings is 1. The van der Waals surface area contributed by atoms with Crippen LogP contribution in [0.2, 0.25) is 0 Å². The van der Waals surface area contributed by atoms with Gasteiger partial charge in [-0.3, -0.25) is 9.59 Å². The summed E-state index contributed by atoms with van der Waals surface area (Å²) < 4.78 is 5.49. The van der Waals surface area contributed by atoms with E-state index in [1.165, 1.54) is 0 Å². The molecule has 0 unspecified atom stereocenters. The third-order valence-corrected chi connectivity index (χ3v) is 4.63. The average molecular weight is 345 g/mol. The van der Waals surface area contributed by atoms with Crippen molar-refractivity contribution in [3.63, 3.8) is 0 Å². The molecule has 0 radical (unpaired) electrons. The van der Waals surface area contributed by atoms with Crippen molar-refractivity contribution in [1.82, 2.24) is 5.32 Å². The van der Waals surface area contributed by atoms with Crippen LogP contribution in [0.4, 0.5) is 0 Å². The maximum absolute atomic E-state index is 12.2. The number of amides is 1. The molecule has 1 amide bonds. The van der Waals surface area contributed by atoms with Gasteiger partial charge in [0.1, 0.15) is 5.75 Å². The Morgan fingerprint density at radius 2 is 1.92 bits per heavy atom. The maximum Gasteiger partial charge on any atom is 0.220 e. The summed E-state index contributed by atoms with van der Waals surface area (Å²) >= 11 is 1.61. The van der Waals surface area contributed by atoms with Gasteiger partial charge in [0.2, 0.25) is 5.91 Å². The standard InChI is InChI=1S/C19H23NO3S/c1-3-12-23-16-8-6-15(7-9-16)17(21)10-11-19(22)20-14(2)18-5-4-13-24-18/h4-9,13-14H,3,10-12H2,1-2H3,(H,20,22)/t14-/m1/s1. The number of rotatable bonds is 9. The molecule has 2 aromatic rings. The normalized spacial score (nSPS) is 11.8. The molecule has 1 heterocycles. The first-order chi connectivity index (χ1) is 11.6. The Kier molecular flexibility index (Phi) is 7.00. The molecule has 0 aliphatic carbocycles. The number of Topliss-reactive ketones (excluding diaryl/α,β-unsaturated/α-hetero) is 1. The van der Waals surface area contributed by atoms with Crippen LogP contribution in [0.15, 0.2) is 41.8 Å². The fourth-order valence-corrected chi connectivity index (χ4v) is 2.99. The van der Waals surface area contributed by atoms with Crippen molar-refractivity contribution in [3.8, 4) is 5.75 Å². The van der Waals surface area contributed by atoms with Gasteiger partial charge in [-0.2, -0.15) is 0 Å². The lowest BCUT2D eigenvalue weighted by atomic mass is 10.1. The van der Waals surface area contributed by atoms with Crippen molar-refractivity contribution in [1.29, 1.82) is 0 Å². The van der Waals surface area contributed by atoms with E-state index in [1.54, 1.807) is 35.6 Å². The van der Waals surface area contributed by atoms with E-state index in [0.717, 1.165) is 17.0 Å². The Bertz CT molecular complexity index is 650. The molecule has 1 aromatic carbocycles. The van der Waals surface area contributed by atoms with E-state index in [2.05, 4.69) is 5.32 Å². The Labute approximate surface area is 146 Å². The number of benzene rings is 1. The quantitative estimate of drug-likeness (QED) is 0.686. The zero-order valence-electron chi connectivity index (χ0n) is 14.1. The second kappa shape index (κ2) is 9.23. The number of ketones is 1. The van der Waals surface area contributed by atoms with Crippen LogP contribution in [0.5, 0.6) is 5.75 Å². The first-order valence-corrected chi connectivity index (χ1v) is 9.07. The van der Waals surface area contributed by atoms with Gasteiger partial charge in [-0.05, 0) is 49.1 Å². The summed E-state index contributed by atoms with van der Waals surface area (Å²) in [7, 11) is 0. The van der Waals surface area contributed by atoms with Gasteiger partial charge in [-0.25, -0.2) is 0 Å². The topological polar surface area (TPSA) is 55.4 Å². The van der Waals surface area contributed by atoms with Crippen molar-refractivity contribution < 1.29 is 14.3 Å². The molecular formula is C19H23NO3S. The smallest absolute Gasteiger partial charge is 0.220 e. The predicted octanol–water partition coefficient (Wildman–Crippen LogP) is 4.38. The summed E-state index contributed by atoms with van der Waals surface area (Å²) in [6.45, 7) is 4.65. The monoisotopic (exact) mass is 345 g/mol. The lowest BCUT2D eigenvalue weighted by molar-refractivity contribution is -0.121. The summed E-state index contributed by atoms with van der Waals surface area (Å²) in [6, 6.07) is 11.0. The summed E-state index contributed by atoms with van der Waals surface area (Å²) in [4.78, 5) is 25.3. The molecule has 0 bridgehead atoms. The lowest BCUT2D eigenvalue weighted by Crippen LogP contribution is -2.26. The minimum Gasteiger partial charge on any atom is -0.494 e. The van der Waals surface area contributed by atoms with Crippen LogP contribution in [0.1, 0.15) is 54.4 Å². The summed E-state index contributed by atoms with van der Waals surface area (Å²) in [5.74, 6) is 0.624. The highest BCUT2D eigenvalue weighted by Gasteiger charge is 2.13. The van der Waals surface area contributed by atoms with Crippen molar-refractivity contribution in [2.75, 3.05) is 6.61 Å². The van der Waals surface area contributed by atoms with Gasteiger partial charge in [0.25, 0.3) is 0 Å². The second-order valence-electron chi connectivity index (χ2n) is 5.60. The van der Waals surface area contributed by atoms with Gasteiger partial charge in [0, 0.05) is 23.3 Å². The number of hydrogen-bond donors (Lipinski definition) is 1. The molecule has 2 rings (SSSR count). The Balaban J connectivity index is 1.78. The highest BCUT2D eigenvalue weighted by atomic mass is 32.1. The van der Waals surface area contributed by atoms with Crippen LogP contribution < -0.4 is 10.1 Å². The van der Waals surface area contributed by atoms with Crippen molar-refractivity contribution in [3.05, 3.63) is 52.2 Å². The molecule has 128 valence electrons. The molecule has 1 N–H and O–H groups in total. The SMILES string of the molecule is CCCOc1ccc(C(=O)CCC(=O)N[C@H](C)c2cccs2)cc1. The number of hydrogen-bond acceptors (Lipinski definition) is 4. The minimum atomic E-state index is -0.104. The fraction of sp³-hybridized carbons (Fsp3) is 0.368. The molecule has 24 heavy (non-hydrogen) atoms. The molecule has 0 spiro atoms. The van der Waals surface area contributed by atoms with Gasteiger partial charge >= 0.3 is 0 Å². The fourth-order valence-electron chi connectivity index (χ4n) is 2.25. The average Bonchev–Trinajstić information content (AvgIpc) is 3.13. The molecule has 4 nitrogen and oxygen atoms in total. The highest BCUT2D eigenvalue weighted by molar-refractivity contribution is 7.10. The van der Waals surface area contributed by atoms with Gasteiger partial charge in [0.15, 0.2) is 5.78 Å². The molecular weight excluding hydrogens is 322 g/mol. The molecule has 0 fully saturated rings. The van der Waals surface area contributed by atoms with Crippen LogP contribution >= 0.6 is 11.3 Å². The lowest BCUT2D eigenvalue weighted by Gasteiger charge is -2.12. The second-order valence-corrected chi connectivity index (χ2v) is 6.58. The van der Waals surface area contributed by atoms with Crippen molar-refractivity contribution >= 4 is 23.0 Å². The van der Waals surface area contributed by atoms with E-state index in [-0.39, 0.29) is 30.6 Å². The zero-order valence-corrected chi connectivity index (χ0v) is 14.9. The third kappa shape index (κ3) is 5.49. The molecule has 0 saturated heterocycles. The van der Waals surface area contributed by atoms with Gasteiger partial charge < -0.3 is 10.1 Å². The Morgan fingerprint density at radius 3 is 2.54 bits per heavy atom. The maximum atomic E-state index is 12.2. The predicted molar refractivity (Wildman–Crippen MR) is 96.7 cm³/mol. The number of nitrogens with one attached hydrogen (secondary N) is 1. The van der Waals surface area contributed by atoms with E-state index >= 15 is 0 Å². The van der Waals surface area contributed by atoms with E-state index in [1.807, 2.05) is 31.4 Å².